The quantitative estimate of drug-likeness (QED) is 0.567. The van der Waals surface area contributed by atoms with Crippen molar-refractivity contribution in [3.63, 3.8) is 0 Å². The van der Waals surface area contributed by atoms with E-state index in [1.807, 2.05) is 30.3 Å². The van der Waals surface area contributed by atoms with Crippen molar-refractivity contribution in [2.24, 2.45) is 4.99 Å². The van der Waals surface area contributed by atoms with Crippen LogP contribution in [0.2, 0.25) is 0 Å². The zero-order chi connectivity index (χ0) is 14.4. The minimum atomic E-state index is -1.22. The van der Waals surface area contributed by atoms with E-state index in [1.54, 1.807) is 30.3 Å². The fraction of sp³-hybridized carbons (Fsp3) is 0.125. The van der Waals surface area contributed by atoms with Crippen molar-refractivity contribution in [3.05, 3.63) is 71.8 Å². The first kappa shape index (κ1) is 18.2. The first-order chi connectivity index (χ1) is 9.68. The number of hydrogen-bond donors (Lipinski definition) is 2. The maximum absolute atomic E-state index is 11.3. The van der Waals surface area contributed by atoms with Gasteiger partial charge in [-0.1, -0.05) is 60.7 Å². The number of carbonyl (C=O) groups is 1. The minimum absolute atomic E-state index is 0. The molecule has 0 amide bonds. The number of carboxylic acids is 1. The van der Waals surface area contributed by atoms with Crippen LogP contribution in [-0.2, 0) is 4.79 Å². The molecule has 0 aliphatic rings. The molecule has 5 heteroatoms. The molecule has 0 spiro atoms. The number of hydrogen-bond acceptors (Lipinski definition) is 3. The number of carboxylic acid groups (broad SMARTS) is 1. The van der Waals surface area contributed by atoms with Gasteiger partial charge in [-0.25, -0.2) is 4.79 Å². The van der Waals surface area contributed by atoms with Crippen LogP contribution < -0.4 is 51.4 Å². The Labute approximate surface area is 166 Å². The van der Waals surface area contributed by atoms with Gasteiger partial charge in [0.15, 0.2) is 6.04 Å². The summed E-state index contributed by atoms with van der Waals surface area (Å²) in [5, 5.41) is 19.3. The summed E-state index contributed by atoms with van der Waals surface area (Å²) < 4.78 is 0. The molecule has 21 heavy (non-hydrogen) atoms. The molecular weight excluding hydrogens is 293 g/mol. The summed E-state index contributed by atoms with van der Waals surface area (Å²) in [5.74, 6) is -1.16. The topological polar surface area (TPSA) is 69.9 Å². The van der Waals surface area contributed by atoms with Crippen molar-refractivity contribution in [2.45, 2.75) is 12.1 Å². The molecular formula is C16H15KNO3+. The van der Waals surface area contributed by atoms with Gasteiger partial charge in [0.25, 0.3) is 0 Å². The summed E-state index contributed by atoms with van der Waals surface area (Å²) >= 11 is 0. The minimum Gasteiger partial charge on any atom is -0.480 e. The Morgan fingerprint density at radius 1 is 1.00 bits per heavy atom. The fourth-order valence-electron chi connectivity index (χ4n) is 1.82. The van der Waals surface area contributed by atoms with E-state index in [-0.39, 0.29) is 51.4 Å². The average molecular weight is 308 g/mol. The van der Waals surface area contributed by atoms with Crippen LogP contribution in [0.5, 0.6) is 0 Å². The van der Waals surface area contributed by atoms with E-state index in [1.165, 1.54) is 6.21 Å². The van der Waals surface area contributed by atoms with E-state index in [0.29, 0.717) is 5.56 Å². The summed E-state index contributed by atoms with van der Waals surface area (Å²) in [6.07, 6.45) is 0.291. The summed E-state index contributed by atoms with van der Waals surface area (Å²) in [5.41, 5.74) is 1.32. The largest absolute Gasteiger partial charge is 1.00 e. The first-order valence-electron chi connectivity index (χ1n) is 6.22. The number of aliphatic hydroxyl groups excluding tert-OH is 1. The van der Waals surface area contributed by atoms with Gasteiger partial charge in [-0.2, -0.15) is 0 Å². The smallest absolute Gasteiger partial charge is 0.480 e. The Morgan fingerprint density at radius 2 is 1.52 bits per heavy atom. The molecule has 0 saturated heterocycles. The van der Waals surface area contributed by atoms with Crippen molar-refractivity contribution < 1.29 is 66.4 Å². The van der Waals surface area contributed by atoms with Crippen LogP contribution in [0.4, 0.5) is 0 Å². The molecule has 2 aromatic rings. The van der Waals surface area contributed by atoms with E-state index >= 15 is 0 Å². The normalized spacial score (nSPS) is 13.4. The Bertz CT molecular complexity index is 587. The van der Waals surface area contributed by atoms with E-state index in [9.17, 15) is 15.0 Å². The first-order valence-corrected chi connectivity index (χ1v) is 6.22. The van der Waals surface area contributed by atoms with Gasteiger partial charge in [0.05, 0.1) is 0 Å². The molecule has 2 rings (SSSR count). The van der Waals surface area contributed by atoms with Crippen LogP contribution in [0.1, 0.15) is 17.2 Å². The van der Waals surface area contributed by atoms with Crippen LogP contribution in [0.15, 0.2) is 65.7 Å². The van der Waals surface area contributed by atoms with Gasteiger partial charge < -0.3 is 10.2 Å². The second-order valence-corrected chi connectivity index (χ2v) is 4.33. The van der Waals surface area contributed by atoms with Gasteiger partial charge in [0.1, 0.15) is 6.10 Å². The zero-order valence-electron chi connectivity index (χ0n) is 11.8. The molecule has 102 valence electrons. The van der Waals surface area contributed by atoms with Crippen molar-refractivity contribution in [1.29, 1.82) is 0 Å². The maximum Gasteiger partial charge on any atom is 1.00 e. The van der Waals surface area contributed by atoms with E-state index < -0.39 is 18.1 Å². The Kier molecular flexibility index (Phi) is 8.02. The molecule has 0 saturated carbocycles. The monoisotopic (exact) mass is 308 g/mol. The number of rotatable bonds is 5. The van der Waals surface area contributed by atoms with Crippen LogP contribution in [0.25, 0.3) is 0 Å². The van der Waals surface area contributed by atoms with Crippen molar-refractivity contribution >= 4 is 12.2 Å². The second-order valence-electron chi connectivity index (χ2n) is 4.33. The number of benzene rings is 2. The maximum atomic E-state index is 11.3. The summed E-state index contributed by atoms with van der Waals surface area (Å²) in [4.78, 5) is 15.3. The van der Waals surface area contributed by atoms with Crippen LogP contribution >= 0.6 is 0 Å². The Hall–Kier alpha value is -0.824. The molecule has 0 heterocycles. The third kappa shape index (κ3) is 5.46. The number of nitrogens with zero attached hydrogens (tertiary/aromatic N) is 1. The van der Waals surface area contributed by atoms with Crippen molar-refractivity contribution in [3.8, 4) is 0 Å². The third-order valence-corrected chi connectivity index (χ3v) is 2.88. The molecule has 2 atom stereocenters. The number of aliphatic imine (C=N–C) groups is 1. The van der Waals surface area contributed by atoms with Gasteiger partial charge >= 0.3 is 57.4 Å². The molecule has 0 aromatic heterocycles. The zero-order valence-corrected chi connectivity index (χ0v) is 14.9. The van der Waals surface area contributed by atoms with Gasteiger partial charge in [-0.3, -0.25) is 4.99 Å². The second kappa shape index (κ2) is 9.25. The van der Waals surface area contributed by atoms with Gasteiger partial charge in [0, 0.05) is 6.21 Å². The van der Waals surface area contributed by atoms with Gasteiger partial charge in [-0.15, -0.1) is 0 Å². The number of aliphatic hydroxyl groups is 1. The number of aliphatic carboxylic acids is 1. The SMILES string of the molecule is O=C(O)C(N=Cc1ccccc1)C(O)c1ccccc1.[K+]. The molecule has 2 aromatic carbocycles. The van der Waals surface area contributed by atoms with Crippen LogP contribution in [-0.4, -0.2) is 28.4 Å². The predicted octanol–water partition coefficient (Wildman–Crippen LogP) is -0.704. The standard InChI is InChI=1S/C16H15NO3.K/c18-15(13-9-5-2-6-10-13)14(16(19)20)17-11-12-7-3-1-4-8-12;/h1-11,14-15,18H,(H,19,20);/q;+1. The Balaban J connectivity index is 0.00000220. The third-order valence-electron chi connectivity index (χ3n) is 2.88. The summed E-state index contributed by atoms with van der Waals surface area (Å²) in [6.45, 7) is 0. The molecule has 0 aliphatic heterocycles. The predicted molar refractivity (Wildman–Crippen MR) is 76.9 cm³/mol. The summed E-state index contributed by atoms with van der Waals surface area (Å²) in [6, 6.07) is 16.6. The van der Waals surface area contributed by atoms with Crippen molar-refractivity contribution in [2.75, 3.05) is 0 Å². The molecule has 2 unspecified atom stereocenters. The Morgan fingerprint density at radius 3 is 2.05 bits per heavy atom. The van der Waals surface area contributed by atoms with Crippen LogP contribution in [0, 0.1) is 0 Å². The van der Waals surface area contributed by atoms with E-state index in [2.05, 4.69) is 4.99 Å². The molecule has 0 bridgehead atoms. The molecule has 0 aliphatic carbocycles. The van der Waals surface area contributed by atoms with E-state index in [0.717, 1.165) is 5.56 Å². The van der Waals surface area contributed by atoms with Crippen molar-refractivity contribution in [1.82, 2.24) is 0 Å². The van der Waals surface area contributed by atoms with Gasteiger partial charge in [0.2, 0.25) is 0 Å². The molecule has 0 radical (unpaired) electrons. The molecule has 2 N–H and O–H groups in total. The fourth-order valence-corrected chi connectivity index (χ4v) is 1.82. The molecule has 0 fully saturated rings. The van der Waals surface area contributed by atoms with E-state index in [4.69, 9.17) is 0 Å². The van der Waals surface area contributed by atoms with Crippen LogP contribution in [0.3, 0.4) is 0 Å². The molecule has 4 nitrogen and oxygen atoms in total. The van der Waals surface area contributed by atoms with Gasteiger partial charge in [-0.05, 0) is 11.1 Å². The average Bonchev–Trinajstić information content (AvgIpc) is 2.49. The summed E-state index contributed by atoms with van der Waals surface area (Å²) in [7, 11) is 0.